The van der Waals surface area contributed by atoms with Gasteiger partial charge in [-0.05, 0) is 31.4 Å². The van der Waals surface area contributed by atoms with E-state index >= 15 is 0 Å². The number of aromatic nitrogens is 1. The molecule has 2 aromatic rings. The van der Waals surface area contributed by atoms with Crippen LogP contribution < -0.4 is 16.2 Å². The Morgan fingerprint density at radius 3 is 2.80 bits per heavy atom. The van der Waals surface area contributed by atoms with Crippen LogP contribution in [0.3, 0.4) is 0 Å². The number of ether oxygens (including phenoxy) is 1. The third-order valence-corrected chi connectivity index (χ3v) is 3.77. The molecule has 104 valence electrons. The maximum Gasteiger partial charge on any atom is 0.249 e. The van der Waals surface area contributed by atoms with E-state index in [1.165, 1.54) is 0 Å². The van der Waals surface area contributed by atoms with Crippen molar-refractivity contribution in [2.75, 3.05) is 6.54 Å². The third kappa shape index (κ3) is 2.32. The van der Waals surface area contributed by atoms with Crippen molar-refractivity contribution in [1.29, 1.82) is 0 Å². The van der Waals surface area contributed by atoms with E-state index in [-0.39, 0.29) is 6.10 Å². The Bertz CT molecular complexity index is 651. The molecule has 0 radical (unpaired) electrons. The number of nitrogens with two attached hydrogens (primary N) is 2. The average molecular weight is 271 g/mol. The van der Waals surface area contributed by atoms with E-state index in [1.54, 1.807) is 6.07 Å². The lowest BCUT2D eigenvalue weighted by Crippen LogP contribution is -2.38. The molecule has 0 unspecified atom stereocenters. The van der Waals surface area contributed by atoms with E-state index in [4.69, 9.17) is 16.2 Å². The number of amides is 1. The Labute approximate surface area is 116 Å². The molecule has 1 aliphatic rings. The molecule has 1 aromatic carbocycles. The Morgan fingerprint density at radius 2 is 2.10 bits per heavy atom. The van der Waals surface area contributed by atoms with Crippen LogP contribution in [0.25, 0.3) is 10.9 Å². The van der Waals surface area contributed by atoms with Gasteiger partial charge in [0.2, 0.25) is 11.8 Å². The van der Waals surface area contributed by atoms with Crippen molar-refractivity contribution in [1.82, 2.24) is 4.98 Å². The van der Waals surface area contributed by atoms with Crippen LogP contribution in [0.1, 0.15) is 23.2 Å². The van der Waals surface area contributed by atoms with Gasteiger partial charge in [-0.15, -0.1) is 0 Å². The highest BCUT2D eigenvalue weighted by atomic mass is 16.5. The molecule has 1 amide bonds. The van der Waals surface area contributed by atoms with Gasteiger partial charge < -0.3 is 16.2 Å². The summed E-state index contributed by atoms with van der Waals surface area (Å²) in [5, 5.41) is 0.751. The van der Waals surface area contributed by atoms with E-state index < -0.39 is 5.91 Å². The zero-order valence-corrected chi connectivity index (χ0v) is 11.1. The third-order valence-electron chi connectivity index (χ3n) is 3.77. The van der Waals surface area contributed by atoms with E-state index in [2.05, 4.69) is 4.98 Å². The van der Waals surface area contributed by atoms with Gasteiger partial charge >= 0.3 is 0 Å². The van der Waals surface area contributed by atoms with Gasteiger partial charge in [-0.1, -0.05) is 18.2 Å². The first-order valence-electron chi connectivity index (χ1n) is 6.73. The minimum atomic E-state index is -0.470. The molecule has 5 nitrogen and oxygen atoms in total. The van der Waals surface area contributed by atoms with Crippen molar-refractivity contribution >= 4 is 16.8 Å². The summed E-state index contributed by atoms with van der Waals surface area (Å²) < 4.78 is 5.81. The monoisotopic (exact) mass is 271 g/mol. The Balaban J connectivity index is 1.90. The van der Waals surface area contributed by atoms with Crippen molar-refractivity contribution in [3.05, 3.63) is 35.9 Å². The summed E-state index contributed by atoms with van der Waals surface area (Å²) >= 11 is 0. The summed E-state index contributed by atoms with van der Waals surface area (Å²) in [6.07, 6.45) is 2.02. The molecule has 4 N–H and O–H groups in total. The van der Waals surface area contributed by atoms with E-state index in [0.717, 1.165) is 18.2 Å². The van der Waals surface area contributed by atoms with Crippen molar-refractivity contribution < 1.29 is 9.53 Å². The number of carbonyl (C=O) groups is 1. The number of benzene rings is 1. The molecule has 0 atom stereocenters. The first-order chi connectivity index (χ1) is 9.67. The minimum absolute atomic E-state index is 0.137. The largest absolute Gasteiger partial charge is 0.474 e. The van der Waals surface area contributed by atoms with E-state index in [1.807, 2.05) is 24.3 Å². The summed E-state index contributed by atoms with van der Waals surface area (Å²) in [6.45, 7) is 0.692. The normalized spacial score (nSPS) is 21.4. The van der Waals surface area contributed by atoms with Crippen LogP contribution in [-0.4, -0.2) is 23.5 Å². The van der Waals surface area contributed by atoms with Crippen LogP contribution in [0.4, 0.5) is 0 Å². The van der Waals surface area contributed by atoms with Gasteiger partial charge in [-0.25, -0.2) is 4.98 Å². The fourth-order valence-corrected chi connectivity index (χ4v) is 2.55. The highest BCUT2D eigenvalue weighted by molar-refractivity contribution is 6.05. The first kappa shape index (κ1) is 12.9. The molecule has 20 heavy (non-hydrogen) atoms. The van der Waals surface area contributed by atoms with Gasteiger partial charge in [0, 0.05) is 11.5 Å². The molecule has 3 rings (SSSR count). The first-order valence-corrected chi connectivity index (χ1v) is 6.73. The van der Waals surface area contributed by atoms with Crippen LogP contribution in [0.5, 0.6) is 5.88 Å². The Morgan fingerprint density at radius 1 is 1.35 bits per heavy atom. The lowest BCUT2D eigenvalue weighted by atomic mass is 9.82. The summed E-state index contributed by atoms with van der Waals surface area (Å²) in [5.41, 5.74) is 12.2. The van der Waals surface area contributed by atoms with E-state index in [9.17, 15) is 4.79 Å². The second-order valence-electron chi connectivity index (χ2n) is 5.20. The number of nitrogens with zero attached hydrogens (tertiary/aromatic N) is 1. The van der Waals surface area contributed by atoms with Crippen molar-refractivity contribution in [2.45, 2.75) is 18.9 Å². The van der Waals surface area contributed by atoms with Gasteiger partial charge in [-0.2, -0.15) is 0 Å². The van der Waals surface area contributed by atoms with Crippen LogP contribution in [0.2, 0.25) is 0 Å². The number of fused-ring (bicyclic) bond motifs is 1. The number of rotatable bonds is 4. The average Bonchev–Trinajstić information content (AvgIpc) is 2.41. The molecule has 0 bridgehead atoms. The van der Waals surface area contributed by atoms with Crippen molar-refractivity contribution in [3.8, 4) is 5.88 Å². The maximum absolute atomic E-state index is 11.6. The molecule has 0 spiro atoms. The Hall–Kier alpha value is -2.14. The molecule has 1 heterocycles. The Kier molecular flexibility index (Phi) is 3.28. The quantitative estimate of drug-likeness (QED) is 0.880. The molecule has 0 saturated heterocycles. The van der Waals surface area contributed by atoms with Gasteiger partial charge in [0.15, 0.2) is 0 Å². The predicted octanol–water partition coefficient (Wildman–Crippen LogP) is 1.45. The molecule has 5 heteroatoms. The second kappa shape index (κ2) is 5.09. The maximum atomic E-state index is 11.6. The summed E-state index contributed by atoms with van der Waals surface area (Å²) in [5.74, 6) is 0.524. The highest BCUT2D eigenvalue weighted by Gasteiger charge is 2.30. The summed E-state index contributed by atoms with van der Waals surface area (Å²) in [7, 11) is 0. The molecular formula is C15H17N3O2. The molecule has 1 fully saturated rings. The van der Waals surface area contributed by atoms with Crippen molar-refractivity contribution in [2.24, 2.45) is 17.4 Å². The standard InChI is InChI=1S/C15H17N3O2/c16-8-9-5-10(6-9)20-14-7-12(15(17)19)11-3-1-2-4-13(11)18-14/h1-4,7,9-10H,5-6,8,16H2,(H2,17,19). The lowest BCUT2D eigenvalue weighted by Gasteiger charge is -2.34. The molecule has 1 aromatic heterocycles. The summed E-state index contributed by atoms with van der Waals surface area (Å²) in [4.78, 5) is 16.0. The number of para-hydroxylation sites is 1. The molecule has 0 aliphatic heterocycles. The van der Waals surface area contributed by atoms with Gasteiger partial charge in [0.1, 0.15) is 6.10 Å². The van der Waals surface area contributed by atoms with Gasteiger partial charge in [-0.3, -0.25) is 4.79 Å². The number of primary amides is 1. The molecule has 1 saturated carbocycles. The number of hydrogen-bond donors (Lipinski definition) is 2. The SMILES string of the molecule is NCC1CC(Oc2cc(C(N)=O)c3ccccc3n2)C1. The number of pyridine rings is 1. The second-order valence-corrected chi connectivity index (χ2v) is 5.20. The molecular weight excluding hydrogens is 254 g/mol. The van der Waals surface area contributed by atoms with Crippen LogP contribution in [-0.2, 0) is 0 Å². The van der Waals surface area contributed by atoms with Gasteiger partial charge in [0.25, 0.3) is 0 Å². The zero-order valence-electron chi connectivity index (χ0n) is 11.1. The lowest BCUT2D eigenvalue weighted by molar-refractivity contribution is 0.0650. The van der Waals surface area contributed by atoms with Crippen molar-refractivity contribution in [3.63, 3.8) is 0 Å². The highest BCUT2D eigenvalue weighted by Crippen LogP contribution is 2.31. The summed E-state index contributed by atoms with van der Waals surface area (Å²) in [6, 6.07) is 9.03. The van der Waals surface area contributed by atoms with Crippen LogP contribution >= 0.6 is 0 Å². The van der Waals surface area contributed by atoms with Crippen LogP contribution in [0.15, 0.2) is 30.3 Å². The van der Waals surface area contributed by atoms with E-state index in [0.29, 0.717) is 29.4 Å². The molecule has 1 aliphatic carbocycles. The fraction of sp³-hybridized carbons (Fsp3) is 0.333. The van der Waals surface area contributed by atoms with Crippen LogP contribution in [0, 0.1) is 5.92 Å². The minimum Gasteiger partial charge on any atom is -0.474 e. The predicted molar refractivity (Wildman–Crippen MR) is 76.5 cm³/mol. The zero-order chi connectivity index (χ0) is 14.1. The fourth-order valence-electron chi connectivity index (χ4n) is 2.55. The van der Waals surface area contributed by atoms with Gasteiger partial charge in [0.05, 0.1) is 11.1 Å². The number of carbonyl (C=O) groups excluding carboxylic acids is 1. The smallest absolute Gasteiger partial charge is 0.249 e. The number of hydrogen-bond acceptors (Lipinski definition) is 4. The topological polar surface area (TPSA) is 91.2 Å².